The minimum absolute atomic E-state index is 0.0294. The third kappa shape index (κ3) is 2.02. The number of carbonyl (C=O) groups is 1. The lowest BCUT2D eigenvalue weighted by Crippen LogP contribution is -1.97. The van der Waals surface area contributed by atoms with Crippen molar-refractivity contribution < 1.29 is 19.4 Å². The second-order valence-corrected chi connectivity index (χ2v) is 2.85. The zero-order chi connectivity index (χ0) is 9.97. The van der Waals surface area contributed by atoms with Gasteiger partial charge < -0.3 is 14.6 Å². The smallest absolute Gasteiger partial charge is 0.336 e. The van der Waals surface area contributed by atoms with Crippen LogP contribution in [0, 0.1) is 11.8 Å². The highest BCUT2D eigenvalue weighted by atomic mass is 16.6. The van der Waals surface area contributed by atoms with Crippen molar-refractivity contribution in [3.05, 3.63) is 23.5 Å². The van der Waals surface area contributed by atoms with E-state index in [1.165, 1.54) is 12.2 Å². The quantitative estimate of drug-likeness (QED) is 0.353. The van der Waals surface area contributed by atoms with Gasteiger partial charge in [0.1, 0.15) is 11.9 Å². The number of ether oxygens (including phenoxy) is 2. The van der Waals surface area contributed by atoms with Crippen molar-refractivity contribution in [2.75, 3.05) is 13.2 Å². The number of esters is 1. The molecule has 2 aliphatic heterocycles. The number of aliphatic hydroxyl groups excluding tert-OH is 1. The molecular formula is C10H8O4. The highest BCUT2D eigenvalue weighted by Crippen LogP contribution is 2.14. The molecule has 14 heavy (non-hydrogen) atoms. The molecule has 1 saturated heterocycles. The second-order valence-electron chi connectivity index (χ2n) is 2.85. The van der Waals surface area contributed by atoms with Gasteiger partial charge in [-0.3, -0.25) is 0 Å². The number of epoxide rings is 1. The van der Waals surface area contributed by atoms with Crippen LogP contribution in [0.4, 0.5) is 0 Å². The van der Waals surface area contributed by atoms with Crippen molar-refractivity contribution in [3.8, 4) is 11.8 Å². The van der Waals surface area contributed by atoms with Crippen LogP contribution in [0.5, 0.6) is 0 Å². The average molecular weight is 192 g/mol. The minimum Gasteiger partial charge on any atom is -0.422 e. The molecule has 4 heteroatoms. The Kier molecular flexibility index (Phi) is 2.35. The van der Waals surface area contributed by atoms with Gasteiger partial charge in [-0.05, 0) is 6.08 Å². The van der Waals surface area contributed by atoms with E-state index in [0.29, 0.717) is 17.9 Å². The number of aliphatic hydroxyl groups is 1. The van der Waals surface area contributed by atoms with Crippen molar-refractivity contribution in [1.82, 2.24) is 0 Å². The second kappa shape index (κ2) is 3.66. The molecule has 0 aliphatic carbocycles. The van der Waals surface area contributed by atoms with Gasteiger partial charge in [0.2, 0.25) is 0 Å². The van der Waals surface area contributed by atoms with Gasteiger partial charge in [-0.25, -0.2) is 4.79 Å². The average Bonchev–Trinajstić information content (AvgIpc) is 2.90. The van der Waals surface area contributed by atoms with E-state index < -0.39 is 5.97 Å². The Balaban J connectivity index is 2.16. The van der Waals surface area contributed by atoms with Crippen LogP contribution in [0.1, 0.15) is 0 Å². The van der Waals surface area contributed by atoms with E-state index in [2.05, 4.69) is 11.8 Å². The molecule has 0 aromatic carbocycles. The summed E-state index contributed by atoms with van der Waals surface area (Å²) < 4.78 is 9.68. The number of hydrogen-bond donors (Lipinski definition) is 1. The lowest BCUT2D eigenvalue weighted by molar-refractivity contribution is -0.132. The number of carbonyl (C=O) groups excluding carboxylic acids is 1. The van der Waals surface area contributed by atoms with Crippen molar-refractivity contribution in [3.63, 3.8) is 0 Å². The highest BCUT2D eigenvalue weighted by molar-refractivity contribution is 5.86. The lowest BCUT2D eigenvalue weighted by atomic mass is 10.2. The summed E-state index contributed by atoms with van der Waals surface area (Å²) in [5.41, 5.74) is 0.405. The van der Waals surface area contributed by atoms with E-state index >= 15 is 0 Å². The van der Waals surface area contributed by atoms with Crippen LogP contribution in [0.25, 0.3) is 0 Å². The molecule has 1 unspecified atom stereocenters. The number of cyclic esters (lactones) is 1. The standard InChI is InChI=1S/C10H8O4/c11-5-7(1-2-8-6-13-8)9-3-4-10(12)14-9/h3-4,8,11H,5-6H2. The number of allylic oxidation sites excluding steroid dienone is 1. The van der Waals surface area contributed by atoms with E-state index in [-0.39, 0.29) is 12.7 Å². The summed E-state index contributed by atoms with van der Waals surface area (Å²) in [4.78, 5) is 10.7. The van der Waals surface area contributed by atoms with Gasteiger partial charge in [0.25, 0.3) is 0 Å². The monoisotopic (exact) mass is 192 g/mol. The topological polar surface area (TPSA) is 59.1 Å². The van der Waals surface area contributed by atoms with Crippen molar-refractivity contribution in [2.24, 2.45) is 0 Å². The predicted octanol–water partition coefficient (Wildman–Crippen LogP) is -0.252. The third-order valence-electron chi connectivity index (χ3n) is 1.75. The van der Waals surface area contributed by atoms with Crippen LogP contribution >= 0.6 is 0 Å². The van der Waals surface area contributed by atoms with Gasteiger partial charge in [0, 0.05) is 6.08 Å². The van der Waals surface area contributed by atoms with Crippen molar-refractivity contribution in [2.45, 2.75) is 6.10 Å². The van der Waals surface area contributed by atoms with Gasteiger partial charge in [-0.15, -0.1) is 0 Å². The molecule has 0 saturated carbocycles. The molecule has 2 heterocycles. The SMILES string of the molecule is O=C1C=CC(=C(C#CC2CO2)CO)O1. The summed E-state index contributed by atoms with van der Waals surface area (Å²) in [7, 11) is 0. The molecule has 72 valence electrons. The Hall–Kier alpha value is -1.57. The first-order chi connectivity index (χ1) is 6.79. The maximum Gasteiger partial charge on any atom is 0.336 e. The number of hydrogen-bond acceptors (Lipinski definition) is 4. The molecule has 2 aliphatic rings. The van der Waals surface area contributed by atoms with Gasteiger partial charge in [0.05, 0.1) is 18.8 Å². The molecule has 1 fully saturated rings. The van der Waals surface area contributed by atoms with E-state index in [0.717, 1.165) is 0 Å². The molecule has 0 aromatic heterocycles. The summed E-state index contributed by atoms with van der Waals surface area (Å²) in [5, 5.41) is 8.98. The van der Waals surface area contributed by atoms with Crippen LogP contribution in [-0.4, -0.2) is 30.4 Å². The Bertz CT molecular complexity index is 377. The Morgan fingerprint density at radius 2 is 2.43 bits per heavy atom. The molecule has 1 N–H and O–H groups in total. The maximum absolute atomic E-state index is 10.7. The first-order valence-electron chi connectivity index (χ1n) is 4.16. The fraction of sp³-hybridized carbons (Fsp3) is 0.300. The van der Waals surface area contributed by atoms with Crippen LogP contribution < -0.4 is 0 Å². The minimum atomic E-state index is -0.435. The Morgan fingerprint density at radius 1 is 1.64 bits per heavy atom. The maximum atomic E-state index is 10.7. The Morgan fingerprint density at radius 3 is 2.93 bits per heavy atom. The van der Waals surface area contributed by atoms with E-state index in [1.807, 2.05) is 0 Å². The molecule has 2 rings (SSSR count). The Labute approximate surface area is 80.8 Å². The molecule has 1 atom stereocenters. The van der Waals surface area contributed by atoms with Gasteiger partial charge in [0.15, 0.2) is 0 Å². The first kappa shape index (κ1) is 9.00. The summed E-state index contributed by atoms with van der Waals surface area (Å²) in [6, 6.07) is 0. The van der Waals surface area contributed by atoms with Crippen LogP contribution in [0.2, 0.25) is 0 Å². The van der Waals surface area contributed by atoms with E-state index in [4.69, 9.17) is 14.6 Å². The molecule has 4 nitrogen and oxygen atoms in total. The lowest BCUT2D eigenvalue weighted by Gasteiger charge is -1.98. The van der Waals surface area contributed by atoms with Gasteiger partial charge in [-0.2, -0.15) is 0 Å². The zero-order valence-corrected chi connectivity index (χ0v) is 7.32. The van der Waals surface area contributed by atoms with Crippen LogP contribution in [-0.2, 0) is 14.3 Å². The molecule has 0 amide bonds. The molecular weight excluding hydrogens is 184 g/mol. The zero-order valence-electron chi connectivity index (χ0n) is 7.32. The summed E-state index contributed by atoms with van der Waals surface area (Å²) >= 11 is 0. The normalized spacial score (nSPS) is 26.6. The predicted molar refractivity (Wildman–Crippen MR) is 46.9 cm³/mol. The molecule has 0 bridgehead atoms. The van der Waals surface area contributed by atoms with E-state index in [9.17, 15) is 4.79 Å². The summed E-state index contributed by atoms with van der Waals surface area (Å²) in [5.74, 6) is 5.39. The molecule has 0 radical (unpaired) electrons. The van der Waals surface area contributed by atoms with Crippen LogP contribution in [0.3, 0.4) is 0 Å². The van der Waals surface area contributed by atoms with Gasteiger partial charge >= 0.3 is 5.97 Å². The van der Waals surface area contributed by atoms with Crippen molar-refractivity contribution in [1.29, 1.82) is 0 Å². The fourth-order valence-corrected chi connectivity index (χ4v) is 0.960. The van der Waals surface area contributed by atoms with E-state index in [1.54, 1.807) is 0 Å². The highest BCUT2D eigenvalue weighted by Gasteiger charge is 2.19. The number of rotatable bonds is 1. The largest absolute Gasteiger partial charge is 0.422 e. The molecule has 0 aromatic rings. The summed E-state index contributed by atoms with van der Waals surface area (Å²) in [6.07, 6.45) is 2.76. The summed E-state index contributed by atoms with van der Waals surface area (Å²) in [6.45, 7) is 0.392. The molecule has 0 spiro atoms. The van der Waals surface area contributed by atoms with Crippen molar-refractivity contribution >= 4 is 5.97 Å². The first-order valence-corrected chi connectivity index (χ1v) is 4.16. The fourth-order valence-electron chi connectivity index (χ4n) is 0.960. The van der Waals surface area contributed by atoms with Crippen LogP contribution in [0.15, 0.2) is 23.5 Å². The van der Waals surface area contributed by atoms with Gasteiger partial charge in [-0.1, -0.05) is 11.8 Å². The third-order valence-corrected chi connectivity index (χ3v) is 1.75.